The third kappa shape index (κ3) is 6.61. The Morgan fingerprint density at radius 1 is 1.28 bits per heavy atom. The zero-order valence-corrected chi connectivity index (χ0v) is 17.7. The van der Waals surface area contributed by atoms with Crippen LogP contribution >= 0.6 is 11.6 Å². The molecule has 3 atom stereocenters. The van der Waals surface area contributed by atoms with Crippen molar-refractivity contribution >= 4 is 29.6 Å². The van der Waals surface area contributed by atoms with Gasteiger partial charge in [0, 0.05) is 24.4 Å². The molecule has 1 aliphatic rings. The maximum atomic E-state index is 13.2. The number of nitrogens with one attached hydrogen (secondary N) is 1. The minimum absolute atomic E-state index is 0.0221. The van der Waals surface area contributed by atoms with Gasteiger partial charge in [-0.3, -0.25) is 4.79 Å². The van der Waals surface area contributed by atoms with Gasteiger partial charge in [0.1, 0.15) is 17.7 Å². The summed E-state index contributed by atoms with van der Waals surface area (Å²) < 4.78 is 10.0. The highest BCUT2D eigenvalue weighted by Gasteiger charge is 2.42. The quantitative estimate of drug-likeness (QED) is 0.697. The van der Waals surface area contributed by atoms with Crippen molar-refractivity contribution in [1.82, 2.24) is 10.2 Å². The first kappa shape index (κ1) is 23.0. The normalized spacial score (nSPS) is 20.1. The fourth-order valence-electron chi connectivity index (χ4n) is 3.12. The molecular formula is C20H27ClN2O6. The highest BCUT2D eigenvalue weighted by atomic mass is 35.5. The predicted octanol–water partition coefficient (Wildman–Crippen LogP) is 1.91. The summed E-state index contributed by atoms with van der Waals surface area (Å²) in [5.41, 5.74) is 0.0225. The molecule has 29 heavy (non-hydrogen) atoms. The summed E-state index contributed by atoms with van der Waals surface area (Å²) in [5.74, 6) is -1.12. The van der Waals surface area contributed by atoms with E-state index < -0.39 is 41.8 Å². The third-order valence-electron chi connectivity index (χ3n) is 4.38. The van der Waals surface area contributed by atoms with Crippen molar-refractivity contribution in [2.75, 3.05) is 13.7 Å². The van der Waals surface area contributed by atoms with Crippen molar-refractivity contribution < 1.29 is 29.0 Å². The molecule has 2 amide bonds. The number of amides is 2. The second kappa shape index (κ2) is 9.45. The molecule has 0 radical (unpaired) electrons. The van der Waals surface area contributed by atoms with E-state index in [4.69, 9.17) is 21.1 Å². The lowest BCUT2D eigenvalue weighted by Crippen LogP contribution is -2.53. The number of halogens is 1. The first-order chi connectivity index (χ1) is 13.5. The lowest BCUT2D eigenvalue weighted by atomic mass is 10.0. The Morgan fingerprint density at radius 2 is 1.90 bits per heavy atom. The van der Waals surface area contributed by atoms with E-state index in [0.29, 0.717) is 5.02 Å². The SMILES string of the molecule is COC(=O)[C@@H]1C[C@@H](O)CN1C(=O)[C@@H](Cc1ccc(Cl)cc1)NC(=O)OC(C)(C)C. The molecule has 8 nitrogen and oxygen atoms in total. The molecule has 2 rings (SSSR count). The predicted molar refractivity (Wildman–Crippen MR) is 106 cm³/mol. The van der Waals surface area contributed by atoms with Gasteiger partial charge in [-0.15, -0.1) is 0 Å². The summed E-state index contributed by atoms with van der Waals surface area (Å²) in [5, 5.41) is 13.1. The van der Waals surface area contributed by atoms with Gasteiger partial charge in [0.15, 0.2) is 0 Å². The van der Waals surface area contributed by atoms with E-state index in [-0.39, 0.29) is 19.4 Å². The van der Waals surface area contributed by atoms with E-state index in [2.05, 4.69) is 5.32 Å². The van der Waals surface area contributed by atoms with Crippen LogP contribution in [0.4, 0.5) is 4.79 Å². The standard InChI is InChI=1S/C20H27ClN2O6/c1-20(2,3)29-19(27)22-15(9-12-5-7-13(21)8-6-12)17(25)23-11-14(24)10-16(23)18(26)28-4/h5-8,14-16,24H,9-11H2,1-4H3,(H,22,27)/t14-,15-,16+/m1/s1. The summed E-state index contributed by atoms with van der Waals surface area (Å²) in [6.45, 7) is 5.12. The molecule has 160 valence electrons. The Hall–Kier alpha value is -2.32. The summed E-state index contributed by atoms with van der Waals surface area (Å²) in [4.78, 5) is 38.8. The zero-order valence-electron chi connectivity index (χ0n) is 17.0. The average molecular weight is 427 g/mol. The Balaban J connectivity index is 2.24. The lowest BCUT2D eigenvalue weighted by molar-refractivity contribution is -0.151. The number of esters is 1. The molecule has 0 aromatic heterocycles. The van der Waals surface area contributed by atoms with Crippen LogP contribution in [-0.4, -0.2) is 65.4 Å². The molecule has 0 bridgehead atoms. The van der Waals surface area contributed by atoms with Gasteiger partial charge in [0.2, 0.25) is 5.91 Å². The van der Waals surface area contributed by atoms with Gasteiger partial charge in [-0.25, -0.2) is 9.59 Å². The van der Waals surface area contributed by atoms with Crippen molar-refractivity contribution in [2.45, 2.75) is 57.4 Å². The van der Waals surface area contributed by atoms with Gasteiger partial charge in [-0.05, 0) is 38.5 Å². The minimum atomic E-state index is -0.997. The number of nitrogens with zero attached hydrogens (tertiary/aromatic N) is 1. The average Bonchev–Trinajstić information content (AvgIpc) is 3.02. The summed E-state index contributed by atoms with van der Waals surface area (Å²) in [7, 11) is 1.22. The van der Waals surface area contributed by atoms with Crippen LogP contribution in [0.2, 0.25) is 5.02 Å². The second-order valence-electron chi connectivity index (χ2n) is 7.95. The molecule has 9 heteroatoms. The lowest BCUT2D eigenvalue weighted by Gasteiger charge is -2.29. The monoisotopic (exact) mass is 426 g/mol. The Morgan fingerprint density at radius 3 is 2.45 bits per heavy atom. The van der Waals surface area contributed by atoms with Crippen LogP contribution in [0, 0.1) is 0 Å². The van der Waals surface area contributed by atoms with Crippen molar-refractivity contribution in [3.8, 4) is 0 Å². The van der Waals surface area contributed by atoms with Gasteiger partial charge in [0.25, 0.3) is 0 Å². The van der Waals surface area contributed by atoms with E-state index in [1.807, 2.05) is 0 Å². The maximum absolute atomic E-state index is 13.2. The van der Waals surface area contributed by atoms with Crippen LogP contribution in [0.25, 0.3) is 0 Å². The number of likely N-dealkylation sites (tertiary alicyclic amines) is 1. The van der Waals surface area contributed by atoms with Crippen LogP contribution in [0.3, 0.4) is 0 Å². The number of carbonyl (C=O) groups excluding carboxylic acids is 3. The maximum Gasteiger partial charge on any atom is 0.408 e. The van der Waals surface area contributed by atoms with Crippen LogP contribution < -0.4 is 5.32 Å². The molecule has 2 N–H and O–H groups in total. The highest BCUT2D eigenvalue weighted by molar-refractivity contribution is 6.30. The number of hydrogen-bond acceptors (Lipinski definition) is 6. The smallest absolute Gasteiger partial charge is 0.408 e. The van der Waals surface area contributed by atoms with Crippen molar-refractivity contribution in [3.63, 3.8) is 0 Å². The summed E-state index contributed by atoms with van der Waals surface area (Å²) in [6, 6.07) is 4.96. The van der Waals surface area contributed by atoms with Gasteiger partial charge in [-0.2, -0.15) is 0 Å². The van der Waals surface area contributed by atoms with Gasteiger partial charge in [-0.1, -0.05) is 23.7 Å². The van der Waals surface area contributed by atoms with E-state index in [9.17, 15) is 19.5 Å². The number of methoxy groups -OCH3 is 1. The zero-order chi connectivity index (χ0) is 21.8. The first-order valence-corrected chi connectivity index (χ1v) is 9.68. The molecule has 1 aromatic rings. The van der Waals surface area contributed by atoms with E-state index in [1.54, 1.807) is 45.0 Å². The number of benzene rings is 1. The molecule has 0 saturated carbocycles. The molecule has 0 spiro atoms. The van der Waals surface area contributed by atoms with Crippen LogP contribution in [0.5, 0.6) is 0 Å². The molecule has 0 aliphatic carbocycles. The van der Waals surface area contributed by atoms with Gasteiger partial charge < -0.3 is 24.8 Å². The van der Waals surface area contributed by atoms with Crippen molar-refractivity contribution in [3.05, 3.63) is 34.9 Å². The molecular weight excluding hydrogens is 400 g/mol. The largest absolute Gasteiger partial charge is 0.467 e. The topological polar surface area (TPSA) is 105 Å². The minimum Gasteiger partial charge on any atom is -0.467 e. The van der Waals surface area contributed by atoms with Crippen molar-refractivity contribution in [1.29, 1.82) is 0 Å². The number of rotatable bonds is 5. The van der Waals surface area contributed by atoms with Crippen molar-refractivity contribution in [2.24, 2.45) is 0 Å². The second-order valence-corrected chi connectivity index (χ2v) is 8.38. The molecule has 1 heterocycles. The number of aliphatic hydroxyl groups is 1. The van der Waals surface area contributed by atoms with Gasteiger partial charge in [0.05, 0.1) is 13.2 Å². The Labute approximate surface area is 175 Å². The fourth-order valence-corrected chi connectivity index (χ4v) is 3.25. The van der Waals surface area contributed by atoms with Crippen LogP contribution in [0.1, 0.15) is 32.8 Å². The van der Waals surface area contributed by atoms with Crippen LogP contribution in [0.15, 0.2) is 24.3 Å². The van der Waals surface area contributed by atoms with Gasteiger partial charge >= 0.3 is 12.1 Å². The summed E-state index contributed by atoms with van der Waals surface area (Å²) in [6.07, 6.45) is -1.35. The fraction of sp³-hybridized carbons (Fsp3) is 0.550. The third-order valence-corrected chi connectivity index (χ3v) is 4.63. The van der Waals surface area contributed by atoms with Crippen LogP contribution in [-0.2, 0) is 25.5 Å². The molecule has 1 saturated heterocycles. The van der Waals surface area contributed by atoms with E-state index in [1.165, 1.54) is 12.0 Å². The molecule has 0 unspecified atom stereocenters. The molecule has 1 aliphatic heterocycles. The Kier molecular flexibility index (Phi) is 7.48. The van der Waals surface area contributed by atoms with E-state index in [0.717, 1.165) is 5.56 Å². The molecule has 1 fully saturated rings. The number of β-amino-alcohol motifs (C(OH)–C–C–N with tert-alkyl or cyclic N) is 1. The molecule has 1 aromatic carbocycles. The number of aliphatic hydroxyl groups excluding tert-OH is 1. The summed E-state index contributed by atoms with van der Waals surface area (Å²) >= 11 is 5.91. The van der Waals surface area contributed by atoms with E-state index >= 15 is 0 Å². The first-order valence-electron chi connectivity index (χ1n) is 9.30. The number of hydrogen-bond donors (Lipinski definition) is 2. The number of carbonyl (C=O) groups is 3. The highest BCUT2D eigenvalue weighted by Crippen LogP contribution is 2.22. The number of alkyl carbamates (subject to hydrolysis) is 1. The number of ether oxygens (including phenoxy) is 2. The Bertz CT molecular complexity index is 746.